The molecule has 3 heterocycles. The van der Waals surface area contributed by atoms with E-state index in [1.54, 1.807) is 15.4 Å². The normalized spacial score (nSPS) is 20.8. The van der Waals surface area contributed by atoms with Crippen molar-refractivity contribution in [1.29, 1.82) is 0 Å². The monoisotopic (exact) mass is 369 g/mol. The summed E-state index contributed by atoms with van der Waals surface area (Å²) in [4.78, 5) is 18.6. The Morgan fingerprint density at radius 2 is 1.88 bits per heavy atom. The molecule has 1 fully saturated rings. The molecule has 0 unspecified atom stereocenters. The van der Waals surface area contributed by atoms with E-state index in [0.29, 0.717) is 39.0 Å². The van der Waals surface area contributed by atoms with E-state index in [9.17, 15) is 13.2 Å². The predicted octanol–water partition coefficient (Wildman–Crippen LogP) is 0.876. The number of amides is 2. The quantitative estimate of drug-likeness (QED) is 0.838. The van der Waals surface area contributed by atoms with Crippen LogP contribution in [-0.2, 0) is 22.1 Å². The van der Waals surface area contributed by atoms with E-state index in [1.807, 2.05) is 20.8 Å². The summed E-state index contributed by atoms with van der Waals surface area (Å²) < 4.78 is 28.6. The van der Waals surface area contributed by atoms with Crippen molar-refractivity contribution in [1.82, 2.24) is 24.1 Å². The van der Waals surface area contributed by atoms with Crippen molar-refractivity contribution in [2.24, 2.45) is 0 Å². The Kier molecular flexibility index (Phi) is 4.57. The first-order chi connectivity index (χ1) is 11.6. The fourth-order valence-electron chi connectivity index (χ4n) is 4.01. The molecule has 3 rings (SSSR count). The molecule has 0 atom stereocenters. The van der Waals surface area contributed by atoms with Crippen LogP contribution < -0.4 is 5.32 Å². The molecular formula is C16H27N5O3S. The van der Waals surface area contributed by atoms with Crippen LogP contribution in [0.25, 0.3) is 0 Å². The minimum atomic E-state index is -3.36. The largest absolute Gasteiger partial charge is 0.336 e. The third kappa shape index (κ3) is 3.15. The van der Waals surface area contributed by atoms with E-state index in [4.69, 9.17) is 0 Å². The number of carbonyl (C=O) groups excluding carboxylic acids is 1. The molecule has 0 radical (unpaired) electrons. The second-order valence-electron chi connectivity index (χ2n) is 7.33. The van der Waals surface area contributed by atoms with Crippen LogP contribution in [0.2, 0.25) is 0 Å². The van der Waals surface area contributed by atoms with Crippen molar-refractivity contribution in [3.63, 3.8) is 0 Å². The van der Waals surface area contributed by atoms with Gasteiger partial charge in [-0.2, -0.15) is 4.31 Å². The molecule has 0 bridgehead atoms. The summed E-state index contributed by atoms with van der Waals surface area (Å²) in [7, 11) is -3.36. The SMILES string of the molecule is Cc1cnc2n1CCN(S(C)(=O)=O)C21CCN(C(=O)NC(C)C)CC1. The van der Waals surface area contributed by atoms with Crippen LogP contribution in [0.15, 0.2) is 6.20 Å². The fraction of sp³-hybridized carbons (Fsp3) is 0.750. The number of aromatic nitrogens is 2. The van der Waals surface area contributed by atoms with Crippen molar-refractivity contribution in [2.75, 3.05) is 25.9 Å². The minimum Gasteiger partial charge on any atom is -0.336 e. The fourth-order valence-corrected chi connectivity index (χ4v) is 5.32. The number of imidazole rings is 1. The van der Waals surface area contributed by atoms with E-state index in [-0.39, 0.29) is 12.1 Å². The first kappa shape index (κ1) is 18.2. The van der Waals surface area contributed by atoms with Crippen molar-refractivity contribution < 1.29 is 13.2 Å². The molecule has 1 spiro atoms. The number of likely N-dealkylation sites (tertiary alicyclic amines) is 1. The maximum Gasteiger partial charge on any atom is 0.317 e. The maximum atomic E-state index is 12.4. The molecule has 1 saturated heterocycles. The summed E-state index contributed by atoms with van der Waals surface area (Å²) in [6, 6.07) is -0.0155. The first-order valence-corrected chi connectivity index (χ1v) is 10.6. The van der Waals surface area contributed by atoms with Gasteiger partial charge in [-0.3, -0.25) is 0 Å². The number of urea groups is 1. The molecule has 0 aliphatic carbocycles. The van der Waals surface area contributed by atoms with Gasteiger partial charge in [-0.1, -0.05) is 0 Å². The molecule has 25 heavy (non-hydrogen) atoms. The van der Waals surface area contributed by atoms with Crippen LogP contribution in [-0.4, -0.2) is 65.1 Å². The van der Waals surface area contributed by atoms with Gasteiger partial charge in [0.1, 0.15) is 5.82 Å². The number of aryl methyl sites for hydroxylation is 1. The average Bonchev–Trinajstić information content (AvgIpc) is 2.89. The van der Waals surface area contributed by atoms with Gasteiger partial charge in [0.05, 0.1) is 11.8 Å². The molecular weight excluding hydrogens is 342 g/mol. The zero-order chi connectivity index (χ0) is 18.4. The molecule has 2 aliphatic rings. The lowest BCUT2D eigenvalue weighted by molar-refractivity contribution is 0.0591. The number of hydrogen-bond acceptors (Lipinski definition) is 4. The van der Waals surface area contributed by atoms with E-state index in [1.165, 1.54) is 6.26 Å². The summed E-state index contributed by atoms with van der Waals surface area (Å²) in [6.45, 7) is 7.93. The van der Waals surface area contributed by atoms with Crippen LogP contribution in [0.1, 0.15) is 38.2 Å². The topological polar surface area (TPSA) is 87.5 Å². The Labute approximate surface area is 149 Å². The number of fused-ring (bicyclic) bond motifs is 2. The summed E-state index contributed by atoms with van der Waals surface area (Å²) in [6.07, 6.45) is 4.18. The summed E-state index contributed by atoms with van der Waals surface area (Å²) in [5.41, 5.74) is 0.386. The minimum absolute atomic E-state index is 0.0760. The van der Waals surface area contributed by atoms with Gasteiger partial charge in [-0.25, -0.2) is 18.2 Å². The van der Waals surface area contributed by atoms with Gasteiger partial charge in [0.15, 0.2) is 0 Å². The van der Waals surface area contributed by atoms with Gasteiger partial charge in [0.25, 0.3) is 0 Å². The number of nitrogens with one attached hydrogen (secondary N) is 1. The van der Waals surface area contributed by atoms with Gasteiger partial charge in [-0.05, 0) is 33.6 Å². The molecule has 2 amide bonds. The van der Waals surface area contributed by atoms with Crippen molar-refractivity contribution in [3.05, 3.63) is 17.7 Å². The third-order valence-electron chi connectivity index (χ3n) is 5.17. The number of piperidine rings is 1. The molecule has 0 saturated carbocycles. The molecule has 2 aliphatic heterocycles. The van der Waals surface area contributed by atoms with Crippen LogP contribution in [0, 0.1) is 6.92 Å². The van der Waals surface area contributed by atoms with Crippen molar-refractivity contribution >= 4 is 16.1 Å². The highest BCUT2D eigenvalue weighted by molar-refractivity contribution is 7.88. The predicted molar refractivity (Wildman–Crippen MR) is 94.7 cm³/mol. The highest BCUT2D eigenvalue weighted by Gasteiger charge is 2.51. The molecule has 0 aromatic carbocycles. The van der Waals surface area contributed by atoms with Gasteiger partial charge in [0, 0.05) is 44.1 Å². The van der Waals surface area contributed by atoms with E-state index in [0.717, 1.165) is 11.5 Å². The summed E-state index contributed by atoms with van der Waals surface area (Å²) in [5.74, 6) is 0.811. The number of hydrogen-bond donors (Lipinski definition) is 1. The Morgan fingerprint density at radius 1 is 1.24 bits per heavy atom. The lowest BCUT2D eigenvalue weighted by atomic mass is 9.85. The Balaban J connectivity index is 1.91. The Morgan fingerprint density at radius 3 is 2.44 bits per heavy atom. The summed E-state index contributed by atoms with van der Waals surface area (Å²) in [5, 5.41) is 2.90. The van der Waals surface area contributed by atoms with Crippen LogP contribution in [0.3, 0.4) is 0 Å². The lowest BCUT2D eigenvalue weighted by Gasteiger charge is -2.49. The highest BCUT2D eigenvalue weighted by Crippen LogP contribution is 2.42. The lowest BCUT2D eigenvalue weighted by Crippen LogP contribution is -2.60. The van der Waals surface area contributed by atoms with Gasteiger partial charge in [0.2, 0.25) is 10.0 Å². The molecule has 8 nitrogen and oxygen atoms in total. The van der Waals surface area contributed by atoms with E-state index >= 15 is 0 Å². The Bertz CT molecular complexity index is 763. The van der Waals surface area contributed by atoms with Crippen LogP contribution in [0.4, 0.5) is 4.79 Å². The second kappa shape index (κ2) is 6.28. The highest BCUT2D eigenvalue weighted by atomic mass is 32.2. The van der Waals surface area contributed by atoms with Crippen LogP contribution in [0.5, 0.6) is 0 Å². The van der Waals surface area contributed by atoms with Crippen molar-refractivity contribution in [2.45, 2.75) is 51.7 Å². The van der Waals surface area contributed by atoms with E-state index in [2.05, 4.69) is 14.9 Å². The second-order valence-corrected chi connectivity index (χ2v) is 9.24. The van der Waals surface area contributed by atoms with Crippen LogP contribution >= 0.6 is 0 Å². The molecule has 1 aromatic heterocycles. The zero-order valence-electron chi connectivity index (χ0n) is 15.3. The maximum absolute atomic E-state index is 12.4. The van der Waals surface area contributed by atoms with E-state index < -0.39 is 15.6 Å². The first-order valence-electron chi connectivity index (χ1n) is 8.71. The molecule has 1 aromatic rings. The molecule has 9 heteroatoms. The van der Waals surface area contributed by atoms with Crippen molar-refractivity contribution in [3.8, 4) is 0 Å². The molecule has 1 N–H and O–H groups in total. The van der Waals surface area contributed by atoms with Gasteiger partial charge in [-0.15, -0.1) is 0 Å². The Hall–Kier alpha value is -1.61. The van der Waals surface area contributed by atoms with Gasteiger partial charge < -0.3 is 14.8 Å². The number of carbonyl (C=O) groups is 1. The zero-order valence-corrected chi connectivity index (χ0v) is 16.1. The number of nitrogens with zero attached hydrogens (tertiary/aromatic N) is 4. The third-order valence-corrected chi connectivity index (χ3v) is 6.50. The smallest absolute Gasteiger partial charge is 0.317 e. The number of sulfonamides is 1. The average molecular weight is 369 g/mol. The number of rotatable bonds is 2. The summed E-state index contributed by atoms with van der Waals surface area (Å²) >= 11 is 0. The standard InChI is InChI=1S/C16H27N5O3S/c1-12(2)18-15(22)19-7-5-16(6-8-19)14-17-11-13(3)20(14)9-10-21(16)25(4,23)24/h11-12H,5-10H2,1-4H3,(H,18,22). The van der Waals surface area contributed by atoms with Gasteiger partial charge >= 0.3 is 6.03 Å². The molecule has 140 valence electrons.